The summed E-state index contributed by atoms with van der Waals surface area (Å²) in [6.07, 6.45) is 0. The highest BCUT2D eigenvalue weighted by Gasteiger charge is 2.16. The van der Waals surface area contributed by atoms with Crippen LogP contribution in [0.1, 0.15) is 32.2 Å². The highest BCUT2D eigenvalue weighted by molar-refractivity contribution is 5.79. The highest BCUT2D eigenvalue weighted by atomic mass is 15.1. The van der Waals surface area contributed by atoms with Crippen molar-refractivity contribution in [3.63, 3.8) is 0 Å². The molecule has 3 rings (SSSR count). The number of nitrogens with zero attached hydrogens (tertiary/aromatic N) is 2. The average molecular weight is 264 g/mol. The van der Waals surface area contributed by atoms with Gasteiger partial charge in [-0.25, -0.2) is 4.98 Å². The van der Waals surface area contributed by atoms with E-state index in [0.29, 0.717) is 0 Å². The molecule has 0 radical (unpaired) electrons. The zero-order valence-corrected chi connectivity index (χ0v) is 12.5. The molecule has 1 heterocycles. The van der Waals surface area contributed by atoms with Gasteiger partial charge in [0.25, 0.3) is 0 Å². The lowest BCUT2D eigenvalue weighted by atomic mass is 9.87. The van der Waals surface area contributed by atoms with Gasteiger partial charge in [-0.05, 0) is 42.2 Å². The number of rotatable bonds is 1. The van der Waals surface area contributed by atoms with Crippen molar-refractivity contribution < 1.29 is 0 Å². The van der Waals surface area contributed by atoms with Crippen molar-refractivity contribution in [3.8, 4) is 5.69 Å². The molecule has 0 fully saturated rings. The molecule has 0 atom stereocenters. The number of aryl methyl sites for hydroxylation is 1. The molecule has 0 unspecified atom stereocenters. The van der Waals surface area contributed by atoms with Gasteiger partial charge < -0.3 is 0 Å². The lowest BCUT2D eigenvalue weighted by molar-refractivity contribution is 0.591. The maximum absolute atomic E-state index is 4.73. The van der Waals surface area contributed by atoms with E-state index in [-0.39, 0.29) is 5.41 Å². The molecular formula is C18H20N2. The van der Waals surface area contributed by atoms with Crippen molar-refractivity contribution in [1.82, 2.24) is 9.55 Å². The topological polar surface area (TPSA) is 17.8 Å². The zero-order valence-electron chi connectivity index (χ0n) is 12.5. The standard InChI is InChI=1S/C18H20N2/c1-13-19-16-12-14(18(2,3)4)10-11-17(16)20(13)15-8-6-5-7-9-15/h5-12H,1-4H3. The van der Waals surface area contributed by atoms with Crippen LogP contribution in [0.5, 0.6) is 0 Å². The number of benzene rings is 2. The van der Waals surface area contributed by atoms with E-state index in [1.165, 1.54) is 11.1 Å². The highest BCUT2D eigenvalue weighted by Crippen LogP contribution is 2.27. The summed E-state index contributed by atoms with van der Waals surface area (Å²) in [4.78, 5) is 4.73. The van der Waals surface area contributed by atoms with Crippen molar-refractivity contribution in [1.29, 1.82) is 0 Å². The number of hydrogen-bond donors (Lipinski definition) is 0. The molecule has 0 amide bonds. The molecular weight excluding hydrogens is 244 g/mol. The van der Waals surface area contributed by atoms with Crippen LogP contribution in [0, 0.1) is 6.92 Å². The lowest BCUT2D eigenvalue weighted by Crippen LogP contribution is -2.10. The van der Waals surface area contributed by atoms with Crippen LogP contribution >= 0.6 is 0 Å². The van der Waals surface area contributed by atoms with Gasteiger partial charge in [0.2, 0.25) is 0 Å². The van der Waals surface area contributed by atoms with Gasteiger partial charge in [-0.15, -0.1) is 0 Å². The number of imidazole rings is 1. The summed E-state index contributed by atoms with van der Waals surface area (Å²) in [6.45, 7) is 8.75. The van der Waals surface area contributed by atoms with Gasteiger partial charge >= 0.3 is 0 Å². The van der Waals surface area contributed by atoms with E-state index in [1.807, 2.05) is 6.07 Å². The second-order valence-corrected chi connectivity index (χ2v) is 6.28. The van der Waals surface area contributed by atoms with E-state index in [0.717, 1.165) is 17.0 Å². The number of fused-ring (bicyclic) bond motifs is 1. The van der Waals surface area contributed by atoms with Crippen LogP contribution in [-0.2, 0) is 5.41 Å². The van der Waals surface area contributed by atoms with Crippen LogP contribution in [-0.4, -0.2) is 9.55 Å². The average Bonchev–Trinajstić information content (AvgIpc) is 2.73. The summed E-state index contributed by atoms with van der Waals surface area (Å²) in [5.41, 5.74) is 4.87. The first-order chi connectivity index (χ1) is 9.47. The van der Waals surface area contributed by atoms with E-state index in [9.17, 15) is 0 Å². The van der Waals surface area contributed by atoms with Crippen molar-refractivity contribution in [3.05, 3.63) is 59.9 Å². The maximum Gasteiger partial charge on any atom is 0.111 e. The molecule has 0 aliphatic carbocycles. The first-order valence-corrected chi connectivity index (χ1v) is 7.02. The second-order valence-electron chi connectivity index (χ2n) is 6.28. The summed E-state index contributed by atoms with van der Waals surface area (Å²) in [6, 6.07) is 17.0. The molecule has 1 aromatic heterocycles. The van der Waals surface area contributed by atoms with Crippen molar-refractivity contribution in [2.24, 2.45) is 0 Å². The van der Waals surface area contributed by atoms with E-state index in [4.69, 9.17) is 4.98 Å². The third-order valence-electron chi connectivity index (χ3n) is 3.70. The minimum absolute atomic E-state index is 0.151. The van der Waals surface area contributed by atoms with Gasteiger partial charge in [0, 0.05) is 5.69 Å². The third kappa shape index (κ3) is 2.11. The molecule has 2 nitrogen and oxygen atoms in total. The zero-order chi connectivity index (χ0) is 14.3. The first-order valence-electron chi connectivity index (χ1n) is 7.02. The van der Waals surface area contributed by atoms with Crippen LogP contribution in [0.2, 0.25) is 0 Å². The molecule has 3 aromatic rings. The minimum Gasteiger partial charge on any atom is -0.297 e. The molecule has 102 valence electrons. The third-order valence-corrected chi connectivity index (χ3v) is 3.70. The lowest BCUT2D eigenvalue weighted by Gasteiger charge is -2.18. The minimum atomic E-state index is 0.151. The molecule has 0 aliphatic heterocycles. The maximum atomic E-state index is 4.73. The van der Waals surface area contributed by atoms with E-state index in [2.05, 4.69) is 74.7 Å². The van der Waals surface area contributed by atoms with Crippen LogP contribution < -0.4 is 0 Å². The summed E-state index contributed by atoms with van der Waals surface area (Å²) >= 11 is 0. The van der Waals surface area contributed by atoms with Crippen LogP contribution in [0.25, 0.3) is 16.7 Å². The van der Waals surface area contributed by atoms with Gasteiger partial charge in [-0.3, -0.25) is 4.57 Å². The Balaban J connectivity index is 2.23. The molecule has 20 heavy (non-hydrogen) atoms. The molecule has 2 aromatic carbocycles. The second kappa shape index (κ2) is 4.48. The van der Waals surface area contributed by atoms with Crippen LogP contribution in [0.15, 0.2) is 48.5 Å². The van der Waals surface area contributed by atoms with Gasteiger partial charge in [0.1, 0.15) is 5.82 Å². The fourth-order valence-electron chi connectivity index (χ4n) is 2.57. The fourth-order valence-corrected chi connectivity index (χ4v) is 2.57. The van der Waals surface area contributed by atoms with Crippen molar-refractivity contribution in [2.45, 2.75) is 33.1 Å². The van der Waals surface area contributed by atoms with Gasteiger partial charge in [-0.1, -0.05) is 45.0 Å². The predicted molar refractivity (Wildman–Crippen MR) is 84.5 cm³/mol. The summed E-state index contributed by atoms with van der Waals surface area (Å²) in [5.74, 6) is 1.03. The fraction of sp³-hybridized carbons (Fsp3) is 0.278. The van der Waals surface area contributed by atoms with Crippen molar-refractivity contribution >= 4 is 11.0 Å². The SMILES string of the molecule is Cc1nc2cc(C(C)(C)C)ccc2n1-c1ccccc1. The van der Waals surface area contributed by atoms with E-state index in [1.54, 1.807) is 0 Å². The molecule has 0 aliphatic rings. The van der Waals surface area contributed by atoms with E-state index >= 15 is 0 Å². The summed E-state index contributed by atoms with van der Waals surface area (Å²) < 4.78 is 2.21. The monoisotopic (exact) mass is 264 g/mol. The smallest absolute Gasteiger partial charge is 0.111 e. The number of para-hydroxylation sites is 1. The van der Waals surface area contributed by atoms with Crippen LogP contribution in [0.3, 0.4) is 0 Å². The molecule has 0 saturated heterocycles. The quantitative estimate of drug-likeness (QED) is 0.626. The summed E-state index contributed by atoms with van der Waals surface area (Å²) in [5, 5.41) is 0. The first kappa shape index (κ1) is 12.9. The van der Waals surface area contributed by atoms with E-state index < -0.39 is 0 Å². The Labute approximate surface area is 120 Å². The van der Waals surface area contributed by atoms with Gasteiger partial charge in [0.15, 0.2) is 0 Å². The normalized spacial score (nSPS) is 12.0. The number of aromatic nitrogens is 2. The Morgan fingerprint density at radius 3 is 2.30 bits per heavy atom. The van der Waals surface area contributed by atoms with Gasteiger partial charge in [-0.2, -0.15) is 0 Å². The molecule has 0 saturated carbocycles. The molecule has 2 heteroatoms. The Kier molecular flexibility index (Phi) is 2.89. The molecule has 0 bridgehead atoms. The molecule has 0 spiro atoms. The Morgan fingerprint density at radius 1 is 0.950 bits per heavy atom. The Morgan fingerprint density at radius 2 is 1.65 bits per heavy atom. The van der Waals surface area contributed by atoms with Crippen LogP contribution in [0.4, 0.5) is 0 Å². The largest absolute Gasteiger partial charge is 0.297 e. The summed E-state index contributed by atoms with van der Waals surface area (Å²) in [7, 11) is 0. The van der Waals surface area contributed by atoms with Gasteiger partial charge in [0.05, 0.1) is 11.0 Å². The van der Waals surface area contributed by atoms with Crippen molar-refractivity contribution in [2.75, 3.05) is 0 Å². The predicted octanol–water partition coefficient (Wildman–Crippen LogP) is 4.63. The Bertz CT molecular complexity index is 746. The molecule has 0 N–H and O–H groups in total. The Hall–Kier alpha value is -2.09. The number of hydrogen-bond acceptors (Lipinski definition) is 1.